The Labute approximate surface area is 56.1 Å². The maximum atomic E-state index is 5.54. The van der Waals surface area contributed by atoms with Gasteiger partial charge >= 0.3 is 0 Å². The molecule has 8 heavy (non-hydrogen) atoms. The summed E-state index contributed by atoms with van der Waals surface area (Å²) >= 11 is 5.54. The smallest absolute Gasteiger partial charge is 0.0814 e. The molecule has 0 aromatic heterocycles. The van der Waals surface area contributed by atoms with E-state index < -0.39 is 0 Å². The normalized spacial score (nSPS) is 7.62. The maximum absolute atomic E-state index is 5.54. The third kappa shape index (κ3) is 2.03. The molecule has 0 fully saturated rings. The molecule has 0 N–H and O–H groups in total. The summed E-state index contributed by atoms with van der Waals surface area (Å²) in [5.74, 6) is 0. The van der Waals surface area contributed by atoms with E-state index in [0.29, 0.717) is 0 Å². The van der Waals surface area contributed by atoms with E-state index in [0.717, 1.165) is 5.02 Å². The van der Waals surface area contributed by atoms with E-state index in [1.165, 1.54) is 0 Å². The van der Waals surface area contributed by atoms with Crippen LogP contribution in [-0.2, 0) is 0 Å². The van der Waals surface area contributed by atoms with E-state index in [9.17, 15) is 0 Å². The molecule has 1 rings (SSSR count). The van der Waals surface area contributed by atoms with Gasteiger partial charge < -0.3 is 0 Å². The minimum Gasteiger partial charge on any atom is -0.0843 e. The van der Waals surface area contributed by atoms with Crippen LogP contribution < -0.4 is 0 Å². The van der Waals surface area contributed by atoms with Crippen LogP contribution in [0.3, 0.4) is 0 Å². The largest absolute Gasteiger partial charge is 0.0843 e. The first-order valence-corrected chi connectivity index (χ1v) is 2.48. The lowest BCUT2D eigenvalue weighted by Crippen LogP contribution is -1.55. The molecule has 0 nitrogen and oxygen atoms in total. The Hall–Kier alpha value is -0.425. The maximum Gasteiger partial charge on any atom is 0.0814 e. The minimum atomic E-state index is 0. The monoisotopic (exact) mass is 126 g/mol. The molecule has 0 radical (unpaired) electrons. The van der Waals surface area contributed by atoms with Gasteiger partial charge in [-0.15, -0.1) is 0 Å². The molecule has 0 saturated carbocycles. The zero-order valence-electron chi connectivity index (χ0n) is 3.76. The van der Waals surface area contributed by atoms with Crippen LogP contribution in [0.25, 0.3) is 0 Å². The number of hydrogen-bond donors (Lipinski definition) is 0. The molecule has 0 heterocycles. The van der Waals surface area contributed by atoms with E-state index >= 15 is 0 Å². The van der Waals surface area contributed by atoms with Crippen LogP contribution >= 0.6 is 11.6 Å². The third-order valence-electron chi connectivity index (χ3n) is 0.733. The van der Waals surface area contributed by atoms with Crippen LogP contribution in [0.15, 0.2) is 30.3 Å². The second-order valence-electron chi connectivity index (χ2n) is 1.30. The molecule has 42 valence electrons. The van der Waals surface area contributed by atoms with Gasteiger partial charge in [0, 0.05) is 5.02 Å². The van der Waals surface area contributed by atoms with Crippen molar-refractivity contribution in [2.75, 3.05) is 0 Å². The molecule has 0 unspecified atom stereocenters. The lowest BCUT2D eigenvalue weighted by atomic mass is 10.4. The van der Waals surface area contributed by atoms with E-state index in [-0.39, 0.29) is 8.41 Å². The molecule has 0 saturated heterocycles. The first-order valence-electron chi connectivity index (χ1n) is 2.10. The third-order valence-corrected chi connectivity index (χ3v) is 0.985. The van der Waals surface area contributed by atoms with Crippen molar-refractivity contribution < 1.29 is 0 Å². The molecule has 0 aliphatic rings. The predicted octanol–water partition coefficient (Wildman–Crippen LogP) is 1.16. The summed E-state index contributed by atoms with van der Waals surface area (Å²) in [4.78, 5) is 0. The molecule has 1 aromatic carbocycles. The molecular formula is C6H8BCl. The van der Waals surface area contributed by atoms with Crippen LogP contribution in [0.4, 0.5) is 0 Å². The lowest BCUT2D eigenvalue weighted by molar-refractivity contribution is 1.71. The standard InChI is InChI=1S/C6H5Cl.BH3/c7-6-4-2-1-3-5-6;/h1-5H;1H3. The van der Waals surface area contributed by atoms with Crippen molar-refractivity contribution in [3.05, 3.63) is 35.4 Å². The molecule has 0 aliphatic heterocycles. The number of hydrogen-bond acceptors (Lipinski definition) is 0. The van der Waals surface area contributed by atoms with E-state index in [2.05, 4.69) is 0 Å². The fourth-order valence-corrected chi connectivity index (χ4v) is 0.560. The highest BCUT2D eigenvalue weighted by atomic mass is 35.5. The summed E-state index contributed by atoms with van der Waals surface area (Å²) in [6.45, 7) is 0. The lowest BCUT2D eigenvalue weighted by Gasteiger charge is -1.80. The van der Waals surface area contributed by atoms with Gasteiger partial charge in [0.1, 0.15) is 0 Å². The van der Waals surface area contributed by atoms with Crippen LogP contribution in [0.2, 0.25) is 5.02 Å². The van der Waals surface area contributed by atoms with E-state index in [1.807, 2.05) is 30.3 Å². The number of benzene rings is 1. The zero-order valence-corrected chi connectivity index (χ0v) is 4.52. The van der Waals surface area contributed by atoms with Gasteiger partial charge in [-0.25, -0.2) is 0 Å². The van der Waals surface area contributed by atoms with Crippen LogP contribution in [0.5, 0.6) is 0 Å². The Morgan fingerprint density at radius 3 is 1.75 bits per heavy atom. The predicted molar refractivity (Wildman–Crippen MR) is 41.4 cm³/mol. The van der Waals surface area contributed by atoms with Crippen molar-refractivity contribution in [2.45, 2.75) is 0 Å². The van der Waals surface area contributed by atoms with Crippen molar-refractivity contribution >= 4 is 20.0 Å². The van der Waals surface area contributed by atoms with Crippen molar-refractivity contribution in [2.24, 2.45) is 0 Å². The van der Waals surface area contributed by atoms with Crippen LogP contribution in [-0.4, -0.2) is 8.41 Å². The molecule has 0 spiro atoms. The number of halogens is 1. The van der Waals surface area contributed by atoms with Gasteiger partial charge in [-0.2, -0.15) is 0 Å². The van der Waals surface area contributed by atoms with Gasteiger partial charge in [-0.05, 0) is 12.1 Å². The molecule has 0 bridgehead atoms. The van der Waals surface area contributed by atoms with Gasteiger partial charge in [0.25, 0.3) is 0 Å². The average molecular weight is 126 g/mol. The zero-order chi connectivity index (χ0) is 5.11. The Balaban J connectivity index is 0.000000490. The first kappa shape index (κ1) is 7.57. The molecule has 1 aromatic rings. The summed E-state index contributed by atoms with van der Waals surface area (Å²) in [6, 6.07) is 9.44. The number of rotatable bonds is 0. The highest BCUT2D eigenvalue weighted by Crippen LogP contribution is 2.03. The van der Waals surface area contributed by atoms with Crippen molar-refractivity contribution in [3.63, 3.8) is 0 Å². The van der Waals surface area contributed by atoms with Gasteiger partial charge in [0.15, 0.2) is 0 Å². The highest BCUT2D eigenvalue weighted by molar-refractivity contribution is 6.30. The second-order valence-corrected chi connectivity index (χ2v) is 1.73. The summed E-state index contributed by atoms with van der Waals surface area (Å²) in [7, 11) is 0. The Morgan fingerprint density at radius 2 is 1.50 bits per heavy atom. The van der Waals surface area contributed by atoms with Crippen molar-refractivity contribution in [1.29, 1.82) is 0 Å². The topological polar surface area (TPSA) is 0 Å². The van der Waals surface area contributed by atoms with E-state index in [1.54, 1.807) is 0 Å². The molecule has 0 atom stereocenters. The van der Waals surface area contributed by atoms with Crippen LogP contribution in [0.1, 0.15) is 0 Å². The summed E-state index contributed by atoms with van der Waals surface area (Å²) in [5, 5.41) is 0.794. The first-order chi connectivity index (χ1) is 3.39. The Kier molecular flexibility index (Phi) is 3.37. The summed E-state index contributed by atoms with van der Waals surface area (Å²) in [6.07, 6.45) is 0. The molecule has 0 amide bonds. The second kappa shape index (κ2) is 3.56. The highest BCUT2D eigenvalue weighted by Gasteiger charge is 1.74. The van der Waals surface area contributed by atoms with Crippen LogP contribution in [0, 0.1) is 0 Å². The minimum absolute atomic E-state index is 0. The molecule has 2 heteroatoms. The summed E-state index contributed by atoms with van der Waals surface area (Å²) in [5.41, 5.74) is 0. The van der Waals surface area contributed by atoms with Crippen molar-refractivity contribution in [3.8, 4) is 0 Å². The SMILES string of the molecule is B.Clc1ccccc1. The van der Waals surface area contributed by atoms with E-state index in [4.69, 9.17) is 11.6 Å². The van der Waals surface area contributed by atoms with Gasteiger partial charge in [-0.3, -0.25) is 0 Å². The average Bonchev–Trinajstić information content (AvgIpc) is 1.69. The van der Waals surface area contributed by atoms with Crippen molar-refractivity contribution in [1.82, 2.24) is 0 Å². The molecule has 0 aliphatic carbocycles. The van der Waals surface area contributed by atoms with Gasteiger partial charge in [0.05, 0.1) is 8.41 Å². The van der Waals surface area contributed by atoms with Gasteiger partial charge in [-0.1, -0.05) is 29.8 Å². The summed E-state index contributed by atoms with van der Waals surface area (Å²) < 4.78 is 0. The Bertz CT molecular complexity index is 138. The fraction of sp³-hybridized carbons (Fsp3) is 0. The van der Waals surface area contributed by atoms with Gasteiger partial charge in [0.2, 0.25) is 0 Å². The Morgan fingerprint density at radius 1 is 1.00 bits per heavy atom. The fourth-order valence-electron chi connectivity index (χ4n) is 0.415. The molecular weight excluding hydrogens is 118 g/mol. The quantitative estimate of drug-likeness (QED) is 0.458.